The number of thiophene rings is 1. The molecule has 1 aliphatic rings. The molecule has 0 aliphatic carbocycles. The zero-order valence-electron chi connectivity index (χ0n) is 12.5. The summed E-state index contributed by atoms with van der Waals surface area (Å²) in [6.07, 6.45) is 0. The van der Waals surface area contributed by atoms with Crippen LogP contribution >= 0.6 is 11.3 Å². The second-order valence-electron chi connectivity index (χ2n) is 5.26. The van der Waals surface area contributed by atoms with Gasteiger partial charge in [0.1, 0.15) is 0 Å². The van der Waals surface area contributed by atoms with E-state index in [1.165, 1.54) is 18.7 Å². The lowest BCUT2D eigenvalue weighted by Crippen LogP contribution is -2.48. The van der Waals surface area contributed by atoms with Crippen LogP contribution in [0.15, 0.2) is 11.4 Å². The van der Waals surface area contributed by atoms with Crippen LogP contribution in [0.3, 0.4) is 0 Å². The molecule has 19 heavy (non-hydrogen) atoms. The molecule has 0 amide bonds. The van der Waals surface area contributed by atoms with Crippen molar-refractivity contribution in [3.8, 4) is 0 Å². The number of aryl methyl sites for hydroxylation is 1. The standard InChI is InChI=1S/C15H27N3S/c1-4-17(5-2)12-14(15-13(3)6-11-19-15)18-9-7-16-8-10-18/h6,11,14,16H,4-5,7-10,12H2,1-3H3. The van der Waals surface area contributed by atoms with Gasteiger partial charge >= 0.3 is 0 Å². The molecule has 0 aromatic carbocycles. The van der Waals surface area contributed by atoms with Crippen molar-refractivity contribution < 1.29 is 0 Å². The van der Waals surface area contributed by atoms with E-state index in [9.17, 15) is 0 Å². The van der Waals surface area contributed by atoms with Crippen molar-refractivity contribution in [1.29, 1.82) is 0 Å². The number of nitrogens with one attached hydrogen (secondary N) is 1. The maximum atomic E-state index is 3.46. The van der Waals surface area contributed by atoms with Gasteiger partial charge in [0.15, 0.2) is 0 Å². The van der Waals surface area contributed by atoms with E-state index >= 15 is 0 Å². The summed E-state index contributed by atoms with van der Waals surface area (Å²) >= 11 is 1.93. The Bertz CT molecular complexity index is 367. The topological polar surface area (TPSA) is 18.5 Å². The maximum Gasteiger partial charge on any atom is 0.0572 e. The van der Waals surface area contributed by atoms with Crippen LogP contribution < -0.4 is 5.32 Å². The highest BCUT2D eigenvalue weighted by Gasteiger charge is 2.25. The first-order valence-corrected chi connectivity index (χ1v) is 8.35. The van der Waals surface area contributed by atoms with Crippen LogP contribution in [0.2, 0.25) is 0 Å². The zero-order valence-corrected chi connectivity index (χ0v) is 13.3. The summed E-state index contributed by atoms with van der Waals surface area (Å²) in [6, 6.07) is 2.83. The number of likely N-dealkylation sites (N-methyl/N-ethyl adjacent to an activating group) is 1. The Morgan fingerprint density at radius 1 is 1.32 bits per heavy atom. The molecule has 1 fully saturated rings. The monoisotopic (exact) mass is 281 g/mol. The van der Waals surface area contributed by atoms with Gasteiger partial charge in [-0.25, -0.2) is 0 Å². The highest BCUT2D eigenvalue weighted by atomic mass is 32.1. The molecule has 1 N–H and O–H groups in total. The number of piperazine rings is 1. The predicted molar refractivity (Wildman–Crippen MR) is 84.0 cm³/mol. The molecule has 2 rings (SSSR count). The van der Waals surface area contributed by atoms with Crippen molar-refractivity contribution in [1.82, 2.24) is 15.1 Å². The van der Waals surface area contributed by atoms with Crippen molar-refractivity contribution >= 4 is 11.3 Å². The molecular formula is C15H27N3S. The van der Waals surface area contributed by atoms with Crippen molar-refractivity contribution in [3.05, 3.63) is 21.9 Å². The van der Waals surface area contributed by atoms with Crippen LogP contribution in [-0.2, 0) is 0 Å². The Balaban J connectivity index is 2.14. The zero-order chi connectivity index (χ0) is 13.7. The summed E-state index contributed by atoms with van der Waals surface area (Å²) in [5.74, 6) is 0. The summed E-state index contributed by atoms with van der Waals surface area (Å²) in [6.45, 7) is 14.8. The van der Waals surface area contributed by atoms with E-state index in [-0.39, 0.29) is 0 Å². The van der Waals surface area contributed by atoms with Gasteiger partial charge in [-0.1, -0.05) is 13.8 Å². The van der Waals surface area contributed by atoms with E-state index in [2.05, 4.69) is 47.3 Å². The number of hydrogen-bond donors (Lipinski definition) is 1. The number of rotatable bonds is 6. The molecule has 1 unspecified atom stereocenters. The lowest BCUT2D eigenvalue weighted by molar-refractivity contribution is 0.131. The minimum absolute atomic E-state index is 0.571. The SMILES string of the molecule is CCN(CC)CC(c1sccc1C)N1CCNCC1. The first-order chi connectivity index (χ1) is 9.26. The second kappa shape index (κ2) is 7.39. The fourth-order valence-electron chi connectivity index (χ4n) is 2.81. The lowest BCUT2D eigenvalue weighted by atomic mass is 10.1. The Labute approximate surface area is 121 Å². The average molecular weight is 281 g/mol. The van der Waals surface area contributed by atoms with Crippen molar-refractivity contribution in [2.45, 2.75) is 26.8 Å². The molecule has 0 bridgehead atoms. The van der Waals surface area contributed by atoms with E-state index in [4.69, 9.17) is 0 Å². The normalized spacial score (nSPS) is 18.9. The minimum atomic E-state index is 0.571. The van der Waals surface area contributed by atoms with Crippen LogP contribution in [0.25, 0.3) is 0 Å². The van der Waals surface area contributed by atoms with Gasteiger partial charge in [-0.15, -0.1) is 11.3 Å². The van der Waals surface area contributed by atoms with Gasteiger partial charge in [-0.3, -0.25) is 4.90 Å². The highest BCUT2D eigenvalue weighted by Crippen LogP contribution is 2.29. The van der Waals surface area contributed by atoms with Gasteiger partial charge in [0.2, 0.25) is 0 Å². The number of hydrogen-bond acceptors (Lipinski definition) is 4. The van der Waals surface area contributed by atoms with Gasteiger partial charge in [0.05, 0.1) is 6.04 Å². The van der Waals surface area contributed by atoms with Gasteiger partial charge in [-0.2, -0.15) is 0 Å². The number of nitrogens with zero attached hydrogens (tertiary/aromatic N) is 2. The first kappa shape index (κ1) is 15.0. The lowest BCUT2D eigenvalue weighted by Gasteiger charge is -2.37. The van der Waals surface area contributed by atoms with Crippen molar-refractivity contribution in [3.63, 3.8) is 0 Å². The molecular weight excluding hydrogens is 254 g/mol. The van der Waals surface area contributed by atoms with Crippen LogP contribution in [0.5, 0.6) is 0 Å². The Morgan fingerprint density at radius 2 is 2.00 bits per heavy atom. The quantitative estimate of drug-likeness (QED) is 0.863. The van der Waals surface area contributed by atoms with Crippen LogP contribution in [0.4, 0.5) is 0 Å². The largest absolute Gasteiger partial charge is 0.314 e. The fraction of sp³-hybridized carbons (Fsp3) is 0.733. The molecule has 3 nitrogen and oxygen atoms in total. The average Bonchev–Trinajstić information content (AvgIpc) is 2.87. The summed E-state index contributed by atoms with van der Waals surface area (Å²) in [5, 5.41) is 5.70. The molecule has 2 heterocycles. The summed E-state index contributed by atoms with van der Waals surface area (Å²) < 4.78 is 0. The van der Waals surface area contributed by atoms with Crippen LogP contribution in [-0.4, -0.2) is 55.6 Å². The molecule has 0 spiro atoms. The van der Waals surface area contributed by atoms with Crippen molar-refractivity contribution in [2.75, 3.05) is 45.8 Å². The molecule has 108 valence electrons. The molecule has 4 heteroatoms. The Morgan fingerprint density at radius 3 is 2.53 bits per heavy atom. The smallest absolute Gasteiger partial charge is 0.0572 e. The summed E-state index contributed by atoms with van der Waals surface area (Å²) in [4.78, 5) is 6.77. The van der Waals surface area contributed by atoms with Crippen LogP contribution in [0, 0.1) is 6.92 Å². The summed E-state index contributed by atoms with van der Waals surface area (Å²) in [7, 11) is 0. The first-order valence-electron chi connectivity index (χ1n) is 7.47. The fourth-order valence-corrected chi connectivity index (χ4v) is 3.86. The van der Waals surface area contributed by atoms with E-state index in [1.807, 2.05) is 11.3 Å². The Kier molecular flexibility index (Phi) is 5.82. The van der Waals surface area contributed by atoms with E-state index in [0.29, 0.717) is 6.04 Å². The molecule has 1 aromatic rings. The minimum Gasteiger partial charge on any atom is -0.314 e. The van der Waals surface area contributed by atoms with Crippen molar-refractivity contribution in [2.24, 2.45) is 0 Å². The molecule has 1 aliphatic heterocycles. The summed E-state index contributed by atoms with van der Waals surface area (Å²) in [5.41, 5.74) is 1.46. The second-order valence-corrected chi connectivity index (χ2v) is 6.20. The van der Waals surface area contributed by atoms with Gasteiger partial charge in [0, 0.05) is 37.6 Å². The molecule has 1 atom stereocenters. The third-order valence-electron chi connectivity index (χ3n) is 4.12. The van der Waals surface area contributed by atoms with Gasteiger partial charge in [0.25, 0.3) is 0 Å². The predicted octanol–water partition coefficient (Wildman–Crippen LogP) is 2.34. The third kappa shape index (κ3) is 3.78. The molecule has 1 saturated heterocycles. The highest BCUT2D eigenvalue weighted by molar-refractivity contribution is 7.10. The Hall–Kier alpha value is -0.420. The maximum absolute atomic E-state index is 3.46. The van der Waals surface area contributed by atoms with E-state index < -0.39 is 0 Å². The molecule has 0 radical (unpaired) electrons. The van der Waals surface area contributed by atoms with Gasteiger partial charge < -0.3 is 10.2 Å². The van der Waals surface area contributed by atoms with E-state index in [0.717, 1.165) is 32.7 Å². The third-order valence-corrected chi connectivity index (χ3v) is 5.24. The molecule has 1 aromatic heterocycles. The van der Waals surface area contributed by atoms with E-state index in [1.54, 1.807) is 4.88 Å². The molecule has 0 saturated carbocycles. The van der Waals surface area contributed by atoms with Gasteiger partial charge in [-0.05, 0) is 37.0 Å². The van der Waals surface area contributed by atoms with Crippen LogP contribution in [0.1, 0.15) is 30.3 Å².